The zero-order valence-electron chi connectivity index (χ0n) is 24.8. The lowest BCUT2D eigenvalue weighted by Gasteiger charge is -2.32. The van der Waals surface area contributed by atoms with Crippen molar-refractivity contribution in [1.82, 2.24) is 0 Å². The number of para-hydroxylation sites is 2. The van der Waals surface area contributed by atoms with Crippen molar-refractivity contribution in [3.63, 3.8) is 0 Å². The lowest BCUT2D eigenvalue weighted by atomic mass is 9.79. The molecule has 0 aromatic heterocycles. The van der Waals surface area contributed by atoms with Crippen molar-refractivity contribution in [3.05, 3.63) is 81.9 Å². The van der Waals surface area contributed by atoms with Gasteiger partial charge < -0.3 is 9.47 Å². The van der Waals surface area contributed by atoms with Crippen LogP contribution in [0.15, 0.2) is 48.5 Å². The van der Waals surface area contributed by atoms with Gasteiger partial charge in [-0.2, -0.15) is 0 Å². The van der Waals surface area contributed by atoms with E-state index >= 15 is 0 Å². The Kier molecular flexibility index (Phi) is 5.84. The number of hydrogen-bond donors (Lipinski definition) is 0. The van der Waals surface area contributed by atoms with Gasteiger partial charge in [0.1, 0.15) is 0 Å². The standard InChI is InChI=1S/C35H42N2O2/c1-9-10-11-14-24-17-23(2)31-25(18-24)21-36-29-15-12-13-16-30(29)37-22-26-19-27(33(3,4)5)20-28(34(6,7)8)32(26)39-35(36,37)38-31/h12-13,15-22H,9-11,14H2,1-8H3/q+2. The number of ether oxygens (including phenoxy) is 2. The largest absolute Gasteiger partial charge is 0.715 e. The Morgan fingerprint density at radius 2 is 1.36 bits per heavy atom. The summed E-state index contributed by atoms with van der Waals surface area (Å²) >= 11 is 0. The molecule has 4 heteroatoms. The summed E-state index contributed by atoms with van der Waals surface area (Å²) in [4.78, 5) is 0. The van der Waals surface area contributed by atoms with Crippen LogP contribution in [0.4, 0.5) is 11.4 Å². The summed E-state index contributed by atoms with van der Waals surface area (Å²) in [6, 6.07) is 16.6. The Morgan fingerprint density at radius 3 is 1.95 bits per heavy atom. The molecule has 0 saturated heterocycles. The monoisotopic (exact) mass is 522 g/mol. The highest BCUT2D eigenvalue weighted by Crippen LogP contribution is 2.51. The van der Waals surface area contributed by atoms with E-state index in [1.54, 1.807) is 0 Å². The van der Waals surface area contributed by atoms with E-state index in [4.69, 9.17) is 9.47 Å². The molecule has 0 aliphatic carbocycles. The zero-order chi connectivity index (χ0) is 27.7. The number of aryl methyl sites for hydroxylation is 2. The van der Waals surface area contributed by atoms with Gasteiger partial charge in [-0.1, -0.05) is 85.6 Å². The van der Waals surface area contributed by atoms with Crippen LogP contribution in [0.5, 0.6) is 11.5 Å². The predicted molar refractivity (Wildman–Crippen MR) is 159 cm³/mol. The van der Waals surface area contributed by atoms with Gasteiger partial charge in [-0.05, 0) is 68.6 Å². The Labute approximate surface area is 233 Å². The molecule has 3 aliphatic heterocycles. The van der Waals surface area contributed by atoms with Gasteiger partial charge in [0.15, 0.2) is 23.9 Å². The van der Waals surface area contributed by atoms with Crippen molar-refractivity contribution in [3.8, 4) is 11.5 Å². The van der Waals surface area contributed by atoms with Crippen LogP contribution >= 0.6 is 0 Å². The van der Waals surface area contributed by atoms with Gasteiger partial charge in [-0.3, -0.25) is 0 Å². The van der Waals surface area contributed by atoms with Gasteiger partial charge in [-0.25, -0.2) is 0 Å². The third kappa shape index (κ3) is 4.11. The van der Waals surface area contributed by atoms with E-state index in [-0.39, 0.29) is 10.8 Å². The highest BCUT2D eigenvalue weighted by Gasteiger charge is 2.72. The van der Waals surface area contributed by atoms with Gasteiger partial charge in [-0.15, -0.1) is 0 Å². The number of hydrogen-bond acceptors (Lipinski definition) is 2. The van der Waals surface area contributed by atoms with E-state index in [1.165, 1.54) is 36.0 Å². The van der Waals surface area contributed by atoms with Crippen LogP contribution in [0.1, 0.15) is 101 Å². The Balaban J connectivity index is 1.57. The predicted octanol–water partition coefficient (Wildman–Crippen LogP) is 8.26. The van der Waals surface area contributed by atoms with E-state index in [9.17, 15) is 0 Å². The molecule has 0 radical (unpaired) electrons. The Hall–Kier alpha value is -3.40. The molecule has 1 atom stereocenters. The summed E-state index contributed by atoms with van der Waals surface area (Å²) in [5, 5.41) is 0. The maximum Gasteiger partial charge on any atom is 0.715 e. The van der Waals surface area contributed by atoms with Gasteiger partial charge in [0.05, 0.1) is 11.1 Å². The average Bonchev–Trinajstić information content (AvgIpc) is 3.14. The molecule has 1 spiro atoms. The fraction of sp³-hybridized carbons (Fsp3) is 0.429. The van der Waals surface area contributed by atoms with E-state index in [2.05, 4.69) is 126 Å². The van der Waals surface area contributed by atoms with Crippen LogP contribution in [0, 0.1) is 6.92 Å². The van der Waals surface area contributed by atoms with Crippen molar-refractivity contribution in [2.75, 3.05) is 0 Å². The molecule has 39 heavy (non-hydrogen) atoms. The molecule has 1 unspecified atom stereocenters. The van der Waals surface area contributed by atoms with Gasteiger partial charge in [0.25, 0.3) is 11.4 Å². The first-order chi connectivity index (χ1) is 18.4. The molecule has 0 amide bonds. The molecule has 6 rings (SSSR count). The van der Waals surface area contributed by atoms with Gasteiger partial charge in [0.2, 0.25) is 0 Å². The summed E-state index contributed by atoms with van der Waals surface area (Å²) in [5.74, 6) is 1.79. The molecule has 3 aliphatic rings. The van der Waals surface area contributed by atoms with Crippen molar-refractivity contribution >= 4 is 23.8 Å². The highest BCUT2D eigenvalue weighted by atomic mass is 16.7. The van der Waals surface area contributed by atoms with Gasteiger partial charge in [0, 0.05) is 17.7 Å². The number of benzene rings is 3. The first-order valence-corrected chi connectivity index (χ1v) is 14.5. The first-order valence-electron chi connectivity index (χ1n) is 14.5. The maximum atomic E-state index is 7.14. The summed E-state index contributed by atoms with van der Waals surface area (Å²) in [7, 11) is 0. The SMILES string of the molecule is CCCCCc1cc(C)c2c(c1)C=[N+]1c3ccccc3[N+]3=Cc4cc(C(C)(C)C)cc(C(C)(C)C)c4OC13O2. The maximum absolute atomic E-state index is 7.14. The summed E-state index contributed by atoms with van der Waals surface area (Å²) in [5.41, 5.74) is 9.29. The third-order valence-corrected chi connectivity index (χ3v) is 8.24. The van der Waals surface area contributed by atoms with E-state index in [0.29, 0.717) is 0 Å². The molecule has 0 N–H and O–H groups in total. The lowest BCUT2D eigenvalue weighted by Crippen LogP contribution is -2.59. The second kappa shape index (κ2) is 8.81. The number of rotatable bonds is 4. The van der Waals surface area contributed by atoms with Crippen LogP contribution < -0.4 is 9.47 Å². The Bertz CT molecular complexity index is 1550. The van der Waals surface area contributed by atoms with E-state index in [0.717, 1.165) is 46.0 Å². The summed E-state index contributed by atoms with van der Waals surface area (Å²) < 4.78 is 18.5. The van der Waals surface area contributed by atoms with Crippen LogP contribution in [0.25, 0.3) is 0 Å². The van der Waals surface area contributed by atoms with Crippen molar-refractivity contribution in [1.29, 1.82) is 0 Å². The third-order valence-electron chi connectivity index (χ3n) is 8.24. The minimum Gasteiger partial charge on any atom is -0.340 e. The second-order valence-electron chi connectivity index (χ2n) is 13.5. The van der Waals surface area contributed by atoms with Crippen molar-refractivity contribution in [2.45, 2.75) is 97.9 Å². The van der Waals surface area contributed by atoms with Crippen molar-refractivity contribution < 1.29 is 18.6 Å². The lowest BCUT2D eigenvalue weighted by molar-refractivity contribution is -0.831. The van der Waals surface area contributed by atoms with Gasteiger partial charge >= 0.3 is 6.03 Å². The molecule has 0 saturated carbocycles. The molecule has 0 bridgehead atoms. The number of nitrogens with zero attached hydrogens (tertiary/aromatic N) is 2. The highest BCUT2D eigenvalue weighted by molar-refractivity contribution is 5.87. The smallest absolute Gasteiger partial charge is 0.340 e. The Morgan fingerprint density at radius 1 is 0.744 bits per heavy atom. The summed E-state index contributed by atoms with van der Waals surface area (Å²) in [6.07, 6.45) is 9.24. The normalized spacial score (nSPS) is 19.0. The molecule has 0 fully saturated rings. The fourth-order valence-electron chi connectivity index (χ4n) is 6.04. The molecule has 3 aromatic carbocycles. The van der Waals surface area contributed by atoms with Crippen LogP contribution in [0.2, 0.25) is 0 Å². The molecular formula is C35H42N2O2+2. The number of fused-ring (bicyclic) bond motifs is 5. The fourth-order valence-corrected chi connectivity index (χ4v) is 6.04. The van der Waals surface area contributed by atoms with Crippen LogP contribution in [-0.2, 0) is 17.3 Å². The van der Waals surface area contributed by atoms with E-state index < -0.39 is 6.03 Å². The van der Waals surface area contributed by atoms with Crippen LogP contribution in [-0.4, -0.2) is 27.6 Å². The first kappa shape index (κ1) is 25.9. The molecule has 3 aromatic rings. The average molecular weight is 523 g/mol. The topological polar surface area (TPSA) is 24.5 Å². The molecule has 3 heterocycles. The van der Waals surface area contributed by atoms with Crippen molar-refractivity contribution in [2.24, 2.45) is 0 Å². The minimum atomic E-state index is -1.15. The number of unbranched alkanes of at least 4 members (excludes halogenated alkanes) is 2. The van der Waals surface area contributed by atoms with Crippen LogP contribution in [0.3, 0.4) is 0 Å². The van der Waals surface area contributed by atoms with E-state index in [1.807, 2.05) is 0 Å². The molecular weight excluding hydrogens is 480 g/mol. The molecule has 202 valence electrons. The molecule has 4 nitrogen and oxygen atoms in total. The quantitative estimate of drug-likeness (QED) is 0.254. The zero-order valence-corrected chi connectivity index (χ0v) is 24.8. The minimum absolute atomic E-state index is 0.0208. The summed E-state index contributed by atoms with van der Waals surface area (Å²) in [6.45, 7) is 18.0. The second-order valence-corrected chi connectivity index (χ2v) is 13.5.